The predicted octanol–water partition coefficient (Wildman–Crippen LogP) is 5.28. The first-order valence-electron chi connectivity index (χ1n) is 8.50. The molecular weight excluding hydrogens is 471 g/mol. The van der Waals surface area contributed by atoms with E-state index in [2.05, 4.69) is 99.2 Å². The monoisotopic (exact) mass is 527 g/mol. The summed E-state index contributed by atoms with van der Waals surface area (Å²) in [4.78, 5) is 0. The van der Waals surface area contributed by atoms with E-state index in [1.165, 1.54) is 0 Å². The van der Waals surface area contributed by atoms with Crippen molar-refractivity contribution < 1.29 is 21.1 Å². The molecule has 0 aliphatic carbocycles. The molecule has 1 aliphatic heterocycles. The second kappa shape index (κ2) is 30.5. The van der Waals surface area contributed by atoms with Crippen molar-refractivity contribution in [3.8, 4) is 0 Å². The molecule has 3 N–H and O–H groups in total. The summed E-state index contributed by atoms with van der Waals surface area (Å²) in [6.07, 6.45) is 3.18. The Morgan fingerprint density at radius 2 is 0.583 bits per heavy atom. The van der Waals surface area contributed by atoms with Crippen LogP contribution in [0.1, 0.15) is 0 Å². The molecule has 8 heteroatoms. The molecule has 1 saturated heterocycles. The molecule has 1 aliphatic rings. The summed E-state index contributed by atoms with van der Waals surface area (Å²) in [5, 5.41) is 0. The van der Waals surface area contributed by atoms with Gasteiger partial charge in [0.05, 0.1) is 0 Å². The quantitative estimate of drug-likeness (QED) is 0.199. The van der Waals surface area contributed by atoms with E-state index in [0.29, 0.717) is 0 Å². The van der Waals surface area contributed by atoms with Crippen molar-refractivity contribution in [2.24, 2.45) is 5.84 Å². The number of hydrogen-bond acceptors (Lipinski definition) is 1. The van der Waals surface area contributed by atoms with Gasteiger partial charge in [-0.3, -0.25) is 0 Å². The molecule has 0 aromatic carbocycles. The molecule has 0 aromatic heterocycles. The van der Waals surface area contributed by atoms with E-state index in [0.717, 1.165) is 0 Å². The van der Waals surface area contributed by atoms with Crippen LogP contribution in [0.25, 0.3) is 5.84 Å². The van der Waals surface area contributed by atoms with Crippen molar-refractivity contribution in [2.45, 2.75) is 0 Å². The van der Waals surface area contributed by atoms with Gasteiger partial charge in [-0.1, -0.05) is 0 Å². The molecule has 156 valence electrons. The van der Waals surface area contributed by atoms with Crippen LogP contribution in [-0.2, 0) is 21.1 Å². The van der Waals surface area contributed by atoms with Crippen LogP contribution < -0.4 is 5.84 Å². The van der Waals surface area contributed by atoms with E-state index in [9.17, 15) is 0 Å². The average molecular weight is 525 g/mol. The fraction of sp³-hybridized carbons (Fsp3) is 1.00. The minimum atomic E-state index is -0.361. The normalized spacial score (nSPS) is 13.8. The summed E-state index contributed by atoms with van der Waals surface area (Å²) in [6, 6.07) is 0. The van der Waals surface area contributed by atoms with Crippen molar-refractivity contribution in [3.63, 3.8) is 0 Å². The summed E-state index contributed by atoms with van der Waals surface area (Å²) >= 11 is 0. The van der Waals surface area contributed by atoms with Gasteiger partial charge in [-0.2, -0.15) is 0 Å². The smallest absolute Gasteiger partial charge is 0 e. The molecule has 1 rings (SSSR count). The van der Waals surface area contributed by atoms with Gasteiger partial charge in [0.1, 0.15) is 0 Å². The zero-order valence-corrected chi connectivity index (χ0v) is 26.4. The maximum absolute atomic E-state index is 5.25. The minimum Gasteiger partial charge on any atom is -0.615 e. The SMILES string of the molecule is C[PH+](C)C.C[PH+](C)C.C[PH+](C)C.C[PH+](C)C.C[PH]1(C)CC1.[Mo].[NH-]N. The largest absolute Gasteiger partial charge is 0.615 e. The Kier molecular flexibility index (Phi) is 52.3. The van der Waals surface area contributed by atoms with Gasteiger partial charge >= 0.3 is 32.9 Å². The van der Waals surface area contributed by atoms with Crippen LogP contribution in [0.4, 0.5) is 0 Å². The minimum absolute atomic E-state index is 0. The molecule has 0 aromatic rings. The van der Waals surface area contributed by atoms with Crippen LogP contribution >= 0.6 is 38.9 Å². The van der Waals surface area contributed by atoms with E-state index >= 15 is 0 Å². The number of rotatable bonds is 0. The first-order valence-corrected chi connectivity index (χ1v) is 23.9. The molecule has 0 amide bonds. The summed E-state index contributed by atoms with van der Waals surface area (Å²) in [7, 11) is 0.120. The predicted molar refractivity (Wildman–Crippen MR) is 143 cm³/mol. The van der Waals surface area contributed by atoms with E-state index in [1.807, 2.05) is 0 Å². The Morgan fingerprint density at radius 3 is 0.583 bits per heavy atom. The fourth-order valence-corrected chi connectivity index (χ4v) is 2.25. The molecular formula is C16H54MoN2P5+3. The first-order chi connectivity index (χ1) is 10.1. The summed E-state index contributed by atoms with van der Waals surface area (Å²) in [6.45, 7) is 32.1. The van der Waals surface area contributed by atoms with Crippen molar-refractivity contribution in [2.75, 3.05) is 106 Å². The summed E-state index contributed by atoms with van der Waals surface area (Å²) in [5.74, 6) is 9.00. The summed E-state index contributed by atoms with van der Waals surface area (Å²) in [5.41, 5.74) is 0. The first kappa shape index (κ1) is 41.2. The zero-order valence-electron chi connectivity index (χ0n) is 19.4. The van der Waals surface area contributed by atoms with Crippen LogP contribution in [0.15, 0.2) is 0 Å². The third kappa shape index (κ3) is 232. The molecule has 2 nitrogen and oxygen atoms in total. The maximum Gasteiger partial charge on any atom is 0 e. The van der Waals surface area contributed by atoms with Crippen LogP contribution in [0.2, 0.25) is 0 Å². The van der Waals surface area contributed by atoms with Crippen molar-refractivity contribution in [3.05, 3.63) is 5.84 Å². The van der Waals surface area contributed by atoms with Gasteiger partial charge in [-0.05, 0) is 31.7 Å². The number of nitrogens with one attached hydrogen (secondary N) is 1. The van der Waals surface area contributed by atoms with Gasteiger partial charge in [0.15, 0.2) is 0 Å². The van der Waals surface area contributed by atoms with Gasteiger partial charge in [-0.25, -0.2) is 0 Å². The van der Waals surface area contributed by atoms with Crippen LogP contribution in [0.5, 0.6) is 0 Å². The second-order valence-corrected chi connectivity index (χ2v) is 26.0. The second-order valence-electron chi connectivity index (χ2n) is 8.66. The van der Waals surface area contributed by atoms with Gasteiger partial charge in [0, 0.05) is 101 Å². The molecule has 0 radical (unpaired) electrons. The molecule has 1 fully saturated rings. The number of hydrogen-bond donors (Lipinski definition) is 1. The van der Waals surface area contributed by atoms with E-state index < -0.39 is 0 Å². The van der Waals surface area contributed by atoms with Gasteiger partial charge < -0.3 is 11.7 Å². The zero-order chi connectivity index (χ0) is 20.2. The van der Waals surface area contributed by atoms with Crippen molar-refractivity contribution >= 4 is 38.9 Å². The van der Waals surface area contributed by atoms with Crippen LogP contribution in [0.3, 0.4) is 0 Å². The van der Waals surface area contributed by atoms with Crippen LogP contribution in [0, 0.1) is 0 Å². The molecule has 0 bridgehead atoms. The Bertz CT molecular complexity index is 152. The molecule has 0 spiro atoms. The van der Waals surface area contributed by atoms with Gasteiger partial charge in [0.25, 0.3) is 0 Å². The van der Waals surface area contributed by atoms with Gasteiger partial charge in [-0.15, -0.1) is 0 Å². The molecule has 0 saturated carbocycles. The Morgan fingerprint density at radius 1 is 0.542 bits per heavy atom. The topological polar surface area (TPSA) is 49.8 Å². The van der Waals surface area contributed by atoms with E-state index in [1.54, 1.807) is 12.3 Å². The van der Waals surface area contributed by atoms with E-state index in [4.69, 9.17) is 5.84 Å². The van der Waals surface area contributed by atoms with Crippen LogP contribution in [-0.4, -0.2) is 106 Å². The third-order valence-corrected chi connectivity index (χ3v) is 3.75. The average Bonchev–Trinajstić information content (AvgIpc) is 2.93. The van der Waals surface area contributed by atoms with Crippen molar-refractivity contribution in [1.82, 2.24) is 0 Å². The maximum atomic E-state index is 5.25. The van der Waals surface area contributed by atoms with Gasteiger partial charge in [0.2, 0.25) is 0 Å². The number of nitrogens with two attached hydrogens (primary N) is 1. The Labute approximate surface area is 176 Å². The third-order valence-electron chi connectivity index (χ3n) is 1.25. The molecule has 1 heterocycles. The van der Waals surface area contributed by atoms with E-state index in [-0.39, 0.29) is 60.0 Å². The molecule has 0 atom stereocenters. The standard InChI is InChI=1S/C4H11P.4C3H9P.Mo.H3N2/c1-5(2)3-4-5;4*1-4(2)3;;1-2/h5H,3-4H2,1-2H3;4*1-3H3;;1H,2H2/q;;;;;;-1/p+4. The molecule has 0 unspecified atom stereocenters. The van der Waals surface area contributed by atoms with Crippen molar-refractivity contribution in [1.29, 1.82) is 0 Å². The fourth-order valence-electron chi connectivity index (χ4n) is 0.250. The Balaban J connectivity index is -0.0000000409. The Hall–Kier alpha value is 2.76. The summed E-state index contributed by atoms with van der Waals surface area (Å²) < 4.78 is 0. The molecule has 24 heavy (non-hydrogen) atoms.